The molecule has 20 heavy (non-hydrogen) atoms. The molecule has 2 atom stereocenters. The summed E-state index contributed by atoms with van der Waals surface area (Å²) in [5.41, 5.74) is 1.88. The van der Waals surface area contributed by atoms with Gasteiger partial charge in [-0.25, -0.2) is 13.1 Å². The number of nitrogens with one attached hydrogen (secondary N) is 2. The zero-order valence-electron chi connectivity index (χ0n) is 11.9. The third-order valence-electron chi connectivity index (χ3n) is 3.44. The van der Waals surface area contributed by atoms with Gasteiger partial charge >= 0.3 is 0 Å². The zero-order chi connectivity index (χ0) is 14.6. The first kappa shape index (κ1) is 15.4. The molecule has 1 heterocycles. The van der Waals surface area contributed by atoms with Gasteiger partial charge in [0.2, 0.25) is 10.0 Å². The SMILES string of the molecule is CNCc1cccc(CS(=O)(=O)NC2CCOC2C)c1. The van der Waals surface area contributed by atoms with Gasteiger partial charge in [0, 0.05) is 19.2 Å². The maximum Gasteiger partial charge on any atom is 0.216 e. The highest BCUT2D eigenvalue weighted by Crippen LogP contribution is 2.15. The minimum atomic E-state index is -3.33. The van der Waals surface area contributed by atoms with Crippen LogP contribution in [0.1, 0.15) is 24.5 Å². The number of hydrogen-bond acceptors (Lipinski definition) is 4. The molecule has 1 aliphatic heterocycles. The fourth-order valence-electron chi connectivity index (χ4n) is 2.41. The average Bonchev–Trinajstić information content (AvgIpc) is 2.74. The van der Waals surface area contributed by atoms with Crippen molar-refractivity contribution in [3.8, 4) is 0 Å². The molecule has 2 rings (SSSR count). The molecule has 0 spiro atoms. The lowest BCUT2D eigenvalue weighted by Crippen LogP contribution is -2.39. The van der Waals surface area contributed by atoms with Crippen molar-refractivity contribution in [2.75, 3.05) is 13.7 Å². The van der Waals surface area contributed by atoms with Gasteiger partial charge in [-0.2, -0.15) is 0 Å². The highest BCUT2D eigenvalue weighted by molar-refractivity contribution is 7.88. The molecule has 1 fully saturated rings. The Morgan fingerprint density at radius 2 is 2.10 bits per heavy atom. The van der Waals surface area contributed by atoms with Gasteiger partial charge in [0.1, 0.15) is 0 Å². The summed E-state index contributed by atoms with van der Waals surface area (Å²) in [4.78, 5) is 0. The quantitative estimate of drug-likeness (QED) is 0.822. The van der Waals surface area contributed by atoms with E-state index in [9.17, 15) is 8.42 Å². The van der Waals surface area contributed by atoms with Crippen LogP contribution in [0.2, 0.25) is 0 Å². The second kappa shape index (κ2) is 6.67. The van der Waals surface area contributed by atoms with E-state index in [0.29, 0.717) is 6.61 Å². The Morgan fingerprint density at radius 3 is 2.75 bits per heavy atom. The van der Waals surface area contributed by atoms with E-state index in [-0.39, 0.29) is 17.9 Å². The molecule has 5 nitrogen and oxygen atoms in total. The van der Waals surface area contributed by atoms with E-state index >= 15 is 0 Å². The van der Waals surface area contributed by atoms with Crippen molar-refractivity contribution in [2.24, 2.45) is 0 Å². The van der Waals surface area contributed by atoms with Gasteiger partial charge in [0.05, 0.1) is 11.9 Å². The summed E-state index contributed by atoms with van der Waals surface area (Å²) in [6, 6.07) is 7.52. The molecular weight excluding hydrogens is 276 g/mol. The Hall–Kier alpha value is -0.950. The summed E-state index contributed by atoms with van der Waals surface area (Å²) in [7, 11) is -1.47. The first-order valence-electron chi connectivity index (χ1n) is 6.84. The summed E-state index contributed by atoms with van der Waals surface area (Å²) in [5, 5.41) is 3.06. The summed E-state index contributed by atoms with van der Waals surface area (Å²) in [6.45, 7) is 3.24. The molecule has 0 aromatic heterocycles. The van der Waals surface area contributed by atoms with Crippen LogP contribution >= 0.6 is 0 Å². The number of rotatable bonds is 6. The number of benzene rings is 1. The Bertz CT molecular complexity index is 545. The molecule has 1 aromatic carbocycles. The minimum absolute atomic E-state index is 0.00771. The smallest absolute Gasteiger partial charge is 0.216 e. The first-order chi connectivity index (χ1) is 9.50. The fourth-order valence-corrected chi connectivity index (χ4v) is 3.88. The Labute approximate surface area is 120 Å². The van der Waals surface area contributed by atoms with Crippen LogP contribution in [0.25, 0.3) is 0 Å². The number of sulfonamides is 1. The molecule has 6 heteroatoms. The third-order valence-corrected chi connectivity index (χ3v) is 4.81. The van der Waals surface area contributed by atoms with Gasteiger partial charge in [-0.15, -0.1) is 0 Å². The highest BCUT2D eigenvalue weighted by atomic mass is 32.2. The second-order valence-electron chi connectivity index (χ2n) is 5.20. The molecule has 0 saturated carbocycles. The lowest BCUT2D eigenvalue weighted by molar-refractivity contribution is 0.117. The lowest BCUT2D eigenvalue weighted by atomic mass is 10.1. The van der Waals surface area contributed by atoms with E-state index in [0.717, 1.165) is 24.1 Å². The van der Waals surface area contributed by atoms with Gasteiger partial charge < -0.3 is 10.1 Å². The van der Waals surface area contributed by atoms with E-state index in [2.05, 4.69) is 10.0 Å². The van der Waals surface area contributed by atoms with Crippen LogP contribution < -0.4 is 10.0 Å². The highest BCUT2D eigenvalue weighted by Gasteiger charge is 2.28. The van der Waals surface area contributed by atoms with Crippen molar-refractivity contribution >= 4 is 10.0 Å². The van der Waals surface area contributed by atoms with Gasteiger partial charge in [0.15, 0.2) is 0 Å². The average molecular weight is 298 g/mol. The fraction of sp³-hybridized carbons (Fsp3) is 0.571. The topological polar surface area (TPSA) is 67.4 Å². The Balaban J connectivity index is 2.02. The van der Waals surface area contributed by atoms with Crippen LogP contribution in [-0.4, -0.2) is 34.2 Å². The first-order valence-corrected chi connectivity index (χ1v) is 8.49. The maximum atomic E-state index is 12.2. The van der Waals surface area contributed by atoms with Crippen LogP contribution in [-0.2, 0) is 27.1 Å². The molecule has 0 bridgehead atoms. The van der Waals surface area contributed by atoms with E-state index < -0.39 is 10.0 Å². The predicted octanol–water partition coefficient (Wildman–Crippen LogP) is 1.00. The van der Waals surface area contributed by atoms with Crippen LogP contribution in [0.4, 0.5) is 0 Å². The normalized spacial score (nSPS) is 23.1. The molecule has 0 amide bonds. The molecule has 1 aromatic rings. The van der Waals surface area contributed by atoms with Crippen molar-refractivity contribution < 1.29 is 13.2 Å². The van der Waals surface area contributed by atoms with Gasteiger partial charge in [0.25, 0.3) is 0 Å². The summed E-state index contributed by atoms with van der Waals surface area (Å²) < 4.78 is 32.5. The molecule has 2 unspecified atom stereocenters. The van der Waals surface area contributed by atoms with Crippen LogP contribution in [0.5, 0.6) is 0 Å². The largest absolute Gasteiger partial charge is 0.377 e. The second-order valence-corrected chi connectivity index (χ2v) is 6.95. The van der Waals surface area contributed by atoms with Gasteiger partial charge in [-0.05, 0) is 31.5 Å². The lowest BCUT2D eigenvalue weighted by Gasteiger charge is -2.16. The van der Waals surface area contributed by atoms with E-state index in [4.69, 9.17) is 4.74 Å². The molecule has 0 radical (unpaired) electrons. The Kier molecular flexibility index (Phi) is 5.15. The molecular formula is C14H22N2O3S. The molecule has 1 saturated heterocycles. The van der Waals surface area contributed by atoms with Crippen LogP contribution in [0.15, 0.2) is 24.3 Å². The van der Waals surface area contributed by atoms with Crippen LogP contribution in [0, 0.1) is 0 Å². The van der Waals surface area contributed by atoms with Crippen molar-refractivity contribution in [3.63, 3.8) is 0 Å². The summed E-state index contributed by atoms with van der Waals surface area (Å²) in [5.74, 6) is 0.00771. The van der Waals surface area contributed by atoms with Crippen LogP contribution in [0.3, 0.4) is 0 Å². The summed E-state index contributed by atoms with van der Waals surface area (Å²) in [6.07, 6.45) is 0.681. The van der Waals surface area contributed by atoms with E-state index in [1.165, 1.54) is 0 Å². The zero-order valence-corrected chi connectivity index (χ0v) is 12.7. The summed E-state index contributed by atoms with van der Waals surface area (Å²) >= 11 is 0. The maximum absolute atomic E-state index is 12.2. The molecule has 1 aliphatic rings. The number of hydrogen-bond donors (Lipinski definition) is 2. The van der Waals surface area contributed by atoms with Crippen molar-refractivity contribution in [2.45, 2.75) is 37.8 Å². The standard InChI is InChI=1S/C14H22N2O3S/c1-11-14(6-7-19-11)16-20(17,18)10-13-5-3-4-12(8-13)9-15-2/h3-5,8,11,14-16H,6-7,9-10H2,1-2H3. The minimum Gasteiger partial charge on any atom is -0.377 e. The van der Waals surface area contributed by atoms with E-state index in [1.807, 2.05) is 38.2 Å². The molecule has 112 valence electrons. The van der Waals surface area contributed by atoms with Gasteiger partial charge in [-0.3, -0.25) is 0 Å². The van der Waals surface area contributed by atoms with E-state index in [1.54, 1.807) is 0 Å². The van der Waals surface area contributed by atoms with Crippen molar-refractivity contribution in [1.82, 2.24) is 10.0 Å². The predicted molar refractivity (Wildman–Crippen MR) is 78.8 cm³/mol. The monoisotopic (exact) mass is 298 g/mol. The van der Waals surface area contributed by atoms with Crippen molar-refractivity contribution in [1.29, 1.82) is 0 Å². The van der Waals surface area contributed by atoms with Gasteiger partial charge in [-0.1, -0.05) is 24.3 Å². The Morgan fingerprint density at radius 1 is 1.35 bits per heavy atom. The number of ether oxygens (including phenoxy) is 1. The molecule has 2 N–H and O–H groups in total. The molecule has 0 aliphatic carbocycles. The van der Waals surface area contributed by atoms with Crippen molar-refractivity contribution in [3.05, 3.63) is 35.4 Å². The third kappa shape index (κ3) is 4.28.